The van der Waals surface area contributed by atoms with Gasteiger partial charge in [-0.25, -0.2) is 4.39 Å². The molecule has 92 valence electrons. The number of carbonyl (C=O) groups is 1. The Kier molecular flexibility index (Phi) is 3.31. The van der Waals surface area contributed by atoms with Crippen LogP contribution in [0.3, 0.4) is 0 Å². The molecule has 17 heavy (non-hydrogen) atoms. The van der Waals surface area contributed by atoms with Gasteiger partial charge in [-0.1, -0.05) is 13.0 Å². The van der Waals surface area contributed by atoms with Crippen molar-refractivity contribution >= 4 is 11.6 Å². The topological polar surface area (TPSA) is 41.1 Å². The van der Waals surface area contributed by atoms with Crippen molar-refractivity contribution in [1.82, 2.24) is 5.32 Å². The van der Waals surface area contributed by atoms with Crippen LogP contribution in [0, 0.1) is 11.7 Å². The second-order valence-corrected chi connectivity index (χ2v) is 4.49. The average molecular weight is 236 g/mol. The van der Waals surface area contributed by atoms with Crippen LogP contribution < -0.4 is 10.6 Å². The number of nitrogens with one attached hydrogen (secondary N) is 2. The summed E-state index contributed by atoms with van der Waals surface area (Å²) in [6.07, 6.45) is 1.01. The van der Waals surface area contributed by atoms with Crippen molar-refractivity contribution in [3.63, 3.8) is 0 Å². The maximum atomic E-state index is 13.6. The van der Waals surface area contributed by atoms with Gasteiger partial charge in [0.2, 0.25) is 0 Å². The van der Waals surface area contributed by atoms with Gasteiger partial charge in [0, 0.05) is 12.6 Å². The maximum absolute atomic E-state index is 13.6. The fourth-order valence-corrected chi connectivity index (χ4v) is 1.84. The molecule has 0 aliphatic heterocycles. The van der Waals surface area contributed by atoms with Crippen molar-refractivity contribution < 1.29 is 9.18 Å². The highest BCUT2D eigenvalue weighted by molar-refractivity contribution is 6.00. The van der Waals surface area contributed by atoms with Crippen LogP contribution in [0.4, 0.5) is 10.1 Å². The normalized spacial score (nSPS) is 22.1. The zero-order valence-corrected chi connectivity index (χ0v) is 10.1. The molecule has 3 nitrogen and oxygen atoms in total. The van der Waals surface area contributed by atoms with E-state index in [1.165, 1.54) is 6.07 Å². The largest absolute Gasteiger partial charge is 0.382 e. The standard InChI is InChI=1S/C13H17FN2O/c1-3-15-12-9(5-4-6-10(12)14)13(17)16-11-7-8(11)2/h4-6,8,11,15H,3,7H2,1-2H3,(H,16,17). The lowest BCUT2D eigenvalue weighted by Gasteiger charge is -2.11. The minimum atomic E-state index is -0.386. The predicted octanol–water partition coefficient (Wildman–Crippen LogP) is 2.40. The van der Waals surface area contributed by atoms with Crippen molar-refractivity contribution in [3.05, 3.63) is 29.6 Å². The Labute approximate surface area is 100 Å². The molecule has 0 bridgehead atoms. The second kappa shape index (κ2) is 4.73. The first-order valence-corrected chi connectivity index (χ1v) is 5.96. The number of anilines is 1. The number of para-hydroxylation sites is 1. The Morgan fingerprint density at radius 2 is 2.24 bits per heavy atom. The third-order valence-electron chi connectivity index (χ3n) is 3.04. The molecule has 0 saturated heterocycles. The monoisotopic (exact) mass is 236 g/mol. The van der Waals surface area contributed by atoms with Gasteiger partial charge in [0.25, 0.3) is 5.91 Å². The fourth-order valence-electron chi connectivity index (χ4n) is 1.84. The predicted molar refractivity (Wildman–Crippen MR) is 65.6 cm³/mol. The molecule has 2 rings (SSSR count). The lowest BCUT2D eigenvalue weighted by atomic mass is 10.1. The third-order valence-corrected chi connectivity index (χ3v) is 3.04. The van der Waals surface area contributed by atoms with Gasteiger partial charge in [-0.3, -0.25) is 4.79 Å². The lowest BCUT2D eigenvalue weighted by Crippen LogP contribution is -2.27. The van der Waals surface area contributed by atoms with Gasteiger partial charge in [-0.15, -0.1) is 0 Å². The summed E-state index contributed by atoms with van der Waals surface area (Å²) in [5, 5.41) is 5.79. The fraction of sp³-hybridized carbons (Fsp3) is 0.462. The van der Waals surface area contributed by atoms with E-state index >= 15 is 0 Å². The molecule has 1 fully saturated rings. The van der Waals surface area contributed by atoms with Gasteiger partial charge in [0.15, 0.2) is 0 Å². The van der Waals surface area contributed by atoms with Crippen molar-refractivity contribution in [2.45, 2.75) is 26.3 Å². The quantitative estimate of drug-likeness (QED) is 0.842. The minimum absolute atomic E-state index is 0.199. The first-order valence-electron chi connectivity index (χ1n) is 5.96. The lowest BCUT2D eigenvalue weighted by molar-refractivity contribution is 0.0950. The zero-order valence-electron chi connectivity index (χ0n) is 10.1. The van der Waals surface area contributed by atoms with E-state index in [1.54, 1.807) is 12.1 Å². The van der Waals surface area contributed by atoms with Crippen molar-refractivity contribution in [3.8, 4) is 0 Å². The SMILES string of the molecule is CCNc1c(F)cccc1C(=O)NC1CC1C. The molecule has 0 aromatic heterocycles. The van der Waals surface area contributed by atoms with E-state index in [9.17, 15) is 9.18 Å². The maximum Gasteiger partial charge on any atom is 0.253 e. The molecule has 1 aliphatic rings. The van der Waals surface area contributed by atoms with Crippen molar-refractivity contribution in [2.24, 2.45) is 5.92 Å². The van der Waals surface area contributed by atoms with Crippen LogP contribution in [-0.4, -0.2) is 18.5 Å². The number of carbonyl (C=O) groups excluding carboxylic acids is 1. The average Bonchev–Trinajstić information content (AvgIpc) is 2.97. The van der Waals surface area contributed by atoms with Gasteiger partial charge in [-0.05, 0) is 31.4 Å². The van der Waals surface area contributed by atoms with Crippen LogP contribution in [0.15, 0.2) is 18.2 Å². The molecular weight excluding hydrogens is 219 g/mol. The van der Waals surface area contributed by atoms with E-state index in [4.69, 9.17) is 0 Å². The number of benzene rings is 1. The highest BCUT2D eigenvalue weighted by atomic mass is 19.1. The van der Waals surface area contributed by atoms with E-state index in [0.29, 0.717) is 23.7 Å². The molecule has 2 atom stereocenters. The third kappa shape index (κ3) is 2.57. The molecule has 4 heteroatoms. The Bertz CT molecular complexity index is 433. The minimum Gasteiger partial charge on any atom is -0.382 e. The van der Waals surface area contributed by atoms with Crippen LogP contribution in [0.25, 0.3) is 0 Å². The summed E-state index contributed by atoms with van der Waals surface area (Å²) in [5.41, 5.74) is 0.673. The Hall–Kier alpha value is -1.58. The molecule has 0 spiro atoms. The Morgan fingerprint density at radius 1 is 1.53 bits per heavy atom. The van der Waals surface area contributed by atoms with Crippen LogP contribution in [0.1, 0.15) is 30.6 Å². The smallest absolute Gasteiger partial charge is 0.253 e. The summed E-state index contributed by atoms with van der Waals surface area (Å²) in [6.45, 7) is 4.54. The van der Waals surface area contributed by atoms with E-state index < -0.39 is 0 Å². The molecule has 0 heterocycles. The number of hydrogen-bond donors (Lipinski definition) is 2. The van der Waals surface area contributed by atoms with Gasteiger partial charge in [0.1, 0.15) is 5.82 Å². The summed E-state index contributed by atoms with van der Waals surface area (Å²) < 4.78 is 13.6. The summed E-state index contributed by atoms with van der Waals surface area (Å²) >= 11 is 0. The van der Waals surface area contributed by atoms with E-state index in [2.05, 4.69) is 17.6 Å². The first-order chi connectivity index (χ1) is 8.13. The molecule has 2 unspecified atom stereocenters. The molecule has 1 aliphatic carbocycles. The van der Waals surface area contributed by atoms with Crippen LogP contribution >= 0.6 is 0 Å². The zero-order chi connectivity index (χ0) is 12.4. The highest BCUT2D eigenvalue weighted by Crippen LogP contribution is 2.30. The van der Waals surface area contributed by atoms with Crippen LogP contribution in [0.5, 0.6) is 0 Å². The van der Waals surface area contributed by atoms with Crippen molar-refractivity contribution in [1.29, 1.82) is 0 Å². The summed E-state index contributed by atoms with van der Waals surface area (Å²) in [6, 6.07) is 4.81. The number of hydrogen-bond acceptors (Lipinski definition) is 2. The van der Waals surface area contributed by atoms with Gasteiger partial charge >= 0.3 is 0 Å². The molecule has 1 aromatic rings. The van der Waals surface area contributed by atoms with Gasteiger partial charge in [-0.2, -0.15) is 0 Å². The second-order valence-electron chi connectivity index (χ2n) is 4.49. The number of halogens is 1. The van der Waals surface area contributed by atoms with E-state index in [-0.39, 0.29) is 17.8 Å². The van der Waals surface area contributed by atoms with Gasteiger partial charge < -0.3 is 10.6 Å². The summed E-state index contributed by atoms with van der Waals surface area (Å²) in [7, 11) is 0. The highest BCUT2D eigenvalue weighted by Gasteiger charge is 2.34. The Balaban J connectivity index is 2.18. The summed E-state index contributed by atoms with van der Waals surface area (Å²) in [4.78, 5) is 12.0. The number of amides is 1. The Morgan fingerprint density at radius 3 is 2.82 bits per heavy atom. The van der Waals surface area contributed by atoms with Gasteiger partial charge in [0.05, 0.1) is 11.3 Å². The molecule has 0 radical (unpaired) electrons. The van der Waals surface area contributed by atoms with E-state index in [0.717, 1.165) is 6.42 Å². The van der Waals surface area contributed by atoms with Crippen LogP contribution in [0.2, 0.25) is 0 Å². The van der Waals surface area contributed by atoms with Crippen LogP contribution in [-0.2, 0) is 0 Å². The van der Waals surface area contributed by atoms with Crippen molar-refractivity contribution in [2.75, 3.05) is 11.9 Å². The summed E-state index contributed by atoms with van der Waals surface area (Å²) in [5.74, 6) is -0.0479. The molecular formula is C13H17FN2O. The molecule has 1 aromatic carbocycles. The molecule has 1 amide bonds. The molecule has 1 saturated carbocycles. The first kappa shape index (κ1) is 11.9. The molecule has 2 N–H and O–H groups in total. The number of rotatable bonds is 4. The van der Waals surface area contributed by atoms with E-state index in [1.807, 2.05) is 6.92 Å².